The first-order valence-corrected chi connectivity index (χ1v) is 6.00. The lowest BCUT2D eigenvalue weighted by Crippen LogP contribution is -2.00. The Morgan fingerprint density at radius 3 is 2.94 bits per heavy atom. The molecule has 0 fully saturated rings. The maximum absolute atomic E-state index is 5.97. The number of aromatic nitrogens is 2. The summed E-state index contributed by atoms with van der Waals surface area (Å²) in [6, 6.07) is 5.54. The molecule has 0 aliphatic rings. The van der Waals surface area contributed by atoms with Crippen LogP contribution in [0.5, 0.6) is 0 Å². The fraction of sp³-hybridized carbons (Fsp3) is 0.0833. The fourth-order valence-electron chi connectivity index (χ4n) is 1.48. The first-order valence-electron chi connectivity index (χ1n) is 4.83. The van der Waals surface area contributed by atoms with Crippen LogP contribution in [0.15, 0.2) is 29.0 Å². The summed E-state index contributed by atoms with van der Waals surface area (Å²) < 4.78 is 2.53. The molecule has 3 nitrogen and oxygen atoms in total. The first-order chi connectivity index (χ1) is 8.13. The maximum atomic E-state index is 5.97. The van der Waals surface area contributed by atoms with E-state index in [2.05, 4.69) is 26.8 Å². The van der Waals surface area contributed by atoms with Crippen LogP contribution in [0.3, 0.4) is 0 Å². The van der Waals surface area contributed by atoms with Crippen LogP contribution in [0.1, 0.15) is 0 Å². The topological polar surface area (TPSA) is 43.8 Å². The predicted octanol–water partition coefficient (Wildman–Crippen LogP) is 3.18. The molecule has 1 aromatic carbocycles. The molecule has 1 aromatic heterocycles. The lowest BCUT2D eigenvalue weighted by Gasteiger charge is -2.03. The van der Waals surface area contributed by atoms with Crippen LogP contribution in [0, 0.1) is 12.3 Å². The molecule has 0 aliphatic heterocycles. The summed E-state index contributed by atoms with van der Waals surface area (Å²) in [4.78, 5) is 4.25. The van der Waals surface area contributed by atoms with Gasteiger partial charge in [0.25, 0.3) is 0 Å². The molecule has 2 aromatic rings. The molecular formula is C12H9BrClN3. The van der Waals surface area contributed by atoms with Gasteiger partial charge >= 0.3 is 0 Å². The molecular weight excluding hydrogens is 302 g/mol. The molecule has 0 spiro atoms. The van der Waals surface area contributed by atoms with Crippen molar-refractivity contribution >= 4 is 33.3 Å². The Morgan fingerprint density at radius 1 is 1.53 bits per heavy atom. The number of nitrogens with zero attached hydrogens (tertiary/aromatic N) is 2. The van der Waals surface area contributed by atoms with Crippen molar-refractivity contribution < 1.29 is 0 Å². The molecule has 5 heteroatoms. The van der Waals surface area contributed by atoms with Crippen LogP contribution >= 0.6 is 27.5 Å². The van der Waals surface area contributed by atoms with E-state index >= 15 is 0 Å². The third-order valence-corrected chi connectivity index (χ3v) is 3.55. The van der Waals surface area contributed by atoms with Crippen LogP contribution in [-0.2, 0) is 6.54 Å². The number of rotatable bonds is 2. The van der Waals surface area contributed by atoms with E-state index in [4.69, 9.17) is 23.8 Å². The number of nitrogens with two attached hydrogens (primary N) is 1. The highest BCUT2D eigenvalue weighted by atomic mass is 79.9. The summed E-state index contributed by atoms with van der Waals surface area (Å²) in [6.07, 6.45) is 6.87. The number of benzene rings is 1. The van der Waals surface area contributed by atoms with Gasteiger partial charge in [-0.15, -0.1) is 6.42 Å². The second-order valence-corrected chi connectivity index (χ2v) is 4.70. The largest absolute Gasteiger partial charge is 0.383 e. The zero-order valence-electron chi connectivity index (χ0n) is 8.82. The Hall–Kier alpha value is -1.44. The Labute approximate surface area is 113 Å². The van der Waals surface area contributed by atoms with Crippen molar-refractivity contribution in [3.8, 4) is 23.6 Å². The first kappa shape index (κ1) is 12.0. The second kappa shape index (κ2) is 4.82. The van der Waals surface area contributed by atoms with Gasteiger partial charge in [-0.25, -0.2) is 4.98 Å². The number of halogens is 2. The molecule has 0 amide bonds. The van der Waals surface area contributed by atoms with Gasteiger partial charge in [0.1, 0.15) is 11.5 Å². The van der Waals surface area contributed by atoms with Crippen molar-refractivity contribution in [2.75, 3.05) is 5.73 Å². The SMILES string of the molecule is C#CCn1cnc(-c2ccc(Cl)c(Br)c2)c1N. The van der Waals surface area contributed by atoms with E-state index < -0.39 is 0 Å². The summed E-state index contributed by atoms with van der Waals surface area (Å²) in [5.74, 6) is 3.08. The zero-order chi connectivity index (χ0) is 12.4. The molecule has 86 valence electrons. The number of anilines is 1. The normalized spacial score (nSPS) is 10.2. The zero-order valence-corrected chi connectivity index (χ0v) is 11.2. The average molecular weight is 311 g/mol. The van der Waals surface area contributed by atoms with Gasteiger partial charge in [-0.2, -0.15) is 0 Å². The van der Waals surface area contributed by atoms with Crippen molar-refractivity contribution in [2.24, 2.45) is 0 Å². The molecule has 0 radical (unpaired) electrons. The minimum Gasteiger partial charge on any atom is -0.383 e. The van der Waals surface area contributed by atoms with Crippen LogP contribution in [0.2, 0.25) is 5.02 Å². The highest BCUT2D eigenvalue weighted by molar-refractivity contribution is 9.10. The number of hydrogen-bond acceptors (Lipinski definition) is 2. The highest BCUT2D eigenvalue weighted by Gasteiger charge is 2.10. The third-order valence-electron chi connectivity index (χ3n) is 2.33. The van der Waals surface area contributed by atoms with E-state index in [1.807, 2.05) is 12.1 Å². The van der Waals surface area contributed by atoms with E-state index in [0.29, 0.717) is 23.1 Å². The van der Waals surface area contributed by atoms with E-state index in [9.17, 15) is 0 Å². The molecule has 0 saturated carbocycles. The Bertz CT molecular complexity index is 598. The fourth-order valence-corrected chi connectivity index (χ4v) is 1.98. The molecule has 0 saturated heterocycles. The van der Waals surface area contributed by atoms with Crippen LogP contribution in [0.25, 0.3) is 11.3 Å². The summed E-state index contributed by atoms with van der Waals surface area (Å²) in [7, 11) is 0. The second-order valence-electron chi connectivity index (χ2n) is 3.44. The summed E-state index contributed by atoms with van der Waals surface area (Å²) in [6.45, 7) is 0.410. The standard InChI is InChI=1S/C12H9BrClN3/c1-2-5-17-7-16-11(12(17)15)8-3-4-10(14)9(13)6-8/h1,3-4,6-7H,5,15H2. The van der Waals surface area contributed by atoms with E-state index in [1.54, 1.807) is 17.0 Å². The average Bonchev–Trinajstić information content (AvgIpc) is 2.66. The van der Waals surface area contributed by atoms with Gasteiger partial charge in [0.15, 0.2) is 0 Å². The summed E-state index contributed by atoms with van der Waals surface area (Å²) in [5.41, 5.74) is 7.57. The predicted molar refractivity (Wildman–Crippen MR) is 73.6 cm³/mol. The lowest BCUT2D eigenvalue weighted by molar-refractivity contribution is 0.852. The molecule has 0 atom stereocenters. The van der Waals surface area contributed by atoms with Crippen LogP contribution in [0.4, 0.5) is 5.82 Å². The monoisotopic (exact) mass is 309 g/mol. The maximum Gasteiger partial charge on any atom is 0.132 e. The van der Waals surface area contributed by atoms with Crippen LogP contribution < -0.4 is 5.73 Å². The minimum atomic E-state index is 0.410. The summed E-state index contributed by atoms with van der Waals surface area (Å²) >= 11 is 9.30. The molecule has 17 heavy (non-hydrogen) atoms. The number of hydrogen-bond donors (Lipinski definition) is 1. The lowest BCUT2D eigenvalue weighted by atomic mass is 10.1. The van der Waals surface area contributed by atoms with Crippen molar-refractivity contribution in [3.63, 3.8) is 0 Å². The van der Waals surface area contributed by atoms with Gasteiger partial charge in [0, 0.05) is 10.0 Å². The molecule has 0 aliphatic carbocycles. The number of imidazole rings is 1. The smallest absolute Gasteiger partial charge is 0.132 e. The Morgan fingerprint density at radius 2 is 2.29 bits per heavy atom. The Kier molecular flexibility index (Phi) is 3.41. The summed E-state index contributed by atoms with van der Waals surface area (Å²) in [5, 5.41) is 0.648. The van der Waals surface area contributed by atoms with Gasteiger partial charge in [-0.1, -0.05) is 23.6 Å². The van der Waals surface area contributed by atoms with Gasteiger partial charge in [-0.3, -0.25) is 0 Å². The molecule has 1 heterocycles. The minimum absolute atomic E-state index is 0.410. The molecule has 2 rings (SSSR count). The Balaban J connectivity index is 2.47. The molecule has 2 N–H and O–H groups in total. The number of terminal acetylenes is 1. The van der Waals surface area contributed by atoms with Gasteiger partial charge < -0.3 is 10.3 Å². The van der Waals surface area contributed by atoms with E-state index in [1.165, 1.54) is 0 Å². The van der Waals surface area contributed by atoms with Gasteiger partial charge in [-0.05, 0) is 28.1 Å². The van der Waals surface area contributed by atoms with E-state index in [0.717, 1.165) is 10.0 Å². The van der Waals surface area contributed by atoms with Crippen LogP contribution in [-0.4, -0.2) is 9.55 Å². The van der Waals surface area contributed by atoms with Crippen molar-refractivity contribution in [3.05, 3.63) is 34.0 Å². The van der Waals surface area contributed by atoms with Crippen molar-refractivity contribution in [2.45, 2.75) is 6.54 Å². The highest BCUT2D eigenvalue weighted by Crippen LogP contribution is 2.30. The van der Waals surface area contributed by atoms with Crippen molar-refractivity contribution in [1.29, 1.82) is 0 Å². The van der Waals surface area contributed by atoms with Gasteiger partial charge in [0.05, 0.1) is 17.9 Å². The van der Waals surface area contributed by atoms with Gasteiger partial charge in [0.2, 0.25) is 0 Å². The molecule has 0 unspecified atom stereocenters. The molecule has 0 bridgehead atoms. The van der Waals surface area contributed by atoms with Crippen molar-refractivity contribution in [1.82, 2.24) is 9.55 Å². The number of nitrogen functional groups attached to an aromatic ring is 1. The quantitative estimate of drug-likeness (QED) is 0.866. The third kappa shape index (κ3) is 2.31. The van der Waals surface area contributed by atoms with E-state index in [-0.39, 0.29) is 0 Å².